The lowest BCUT2D eigenvalue weighted by Gasteiger charge is -2.33. The predicted octanol–water partition coefficient (Wildman–Crippen LogP) is 2.86. The Morgan fingerprint density at radius 3 is 2.88 bits per heavy atom. The number of carbonyl (C=O) groups is 2. The average Bonchev–Trinajstić information content (AvgIpc) is 3.29. The Morgan fingerprint density at radius 1 is 1.35 bits per heavy atom. The quantitative estimate of drug-likeness (QED) is 0.744. The van der Waals surface area contributed by atoms with E-state index in [1.54, 1.807) is 11.3 Å². The molecule has 1 aromatic heterocycles. The number of piperidine rings is 1. The van der Waals surface area contributed by atoms with Gasteiger partial charge in [-0.05, 0) is 50.6 Å². The molecule has 2 atom stereocenters. The predicted molar refractivity (Wildman–Crippen MR) is 108 cm³/mol. The summed E-state index contributed by atoms with van der Waals surface area (Å²) in [6, 6.07) is 1.91. The van der Waals surface area contributed by atoms with Crippen LogP contribution in [0.2, 0.25) is 5.02 Å². The van der Waals surface area contributed by atoms with E-state index in [4.69, 9.17) is 11.6 Å². The Balaban J connectivity index is 0.00000243. The lowest BCUT2D eigenvalue weighted by atomic mass is 9.97. The van der Waals surface area contributed by atoms with Gasteiger partial charge in [0.2, 0.25) is 11.8 Å². The summed E-state index contributed by atoms with van der Waals surface area (Å²) < 4.78 is 0. The number of nitrogens with one attached hydrogen (secondary N) is 2. The van der Waals surface area contributed by atoms with Crippen LogP contribution in [0.15, 0.2) is 11.4 Å². The molecule has 2 fully saturated rings. The number of hydrogen-bond acceptors (Lipinski definition) is 4. The van der Waals surface area contributed by atoms with Crippen molar-refractivity contribution in [3.63, 3.8) is 0 Å². The third-order valence-corrected chi connectivity index (χ3v) is 6.36. The van der Waals surface area contributed by atoms with E-state index in [1.165, 1.54) is 0 Å². The Bertz CT molecular complexity index is 605. The van der Waals surface area contributed by atoms with Gasteiger partial charge in [-0.2, -0.15) is 0 Å². The molecule has 3 rings (SSSR count). The maximum absolute atomic E-state index is 12.5. The molecule has 26 heavy (non-hydrogen) atoms. The van der Waals surface area contributed by atoms with Gasteiger partial charge in [0.1, 0.15) is 0 Å². The number of rotatable bonds is 6. The minimum absolute atomic E-state index is 0. The van der Waals surface area contributed by atoms with Crippen LogP contribution in [-0.4, -0.2) is 48.9 Å². The van der Waals surface area contributed by atoms with E-state index in [-0.39, 0.29) is 30.3 Å². The first-order valence-corrected chi connectivity index (χ1v) is 10.4. The van der Waals surface area contributed by atoms with E-state index in [0.29, 0.717) is 18.9 Å². The zero-order valence-corrected chi connectivity index (χ0v) is 17.2. The van der Waals surface area contributed by atoms with Crippen LogP contribution in [0.3, 0.4) is 0 Å². The summed E-state index contributed by atoms with van der Waals surface area (Å²) in [7, 11) is 0. The van der Waals surface area contributed by atoms with E-state index in [1.807, 2.05) is 16.3 Å². The maximum atomic E-state index is 12.5. The summed E-state index contributed by atoms with van der Waals surface area (Å²) in [6.07, 6.45) is 5.36. The second kappa shape index (κ2) is 10.5. The smallest absolute Gasteiger partial charge is 0.237 e. The van der Waals surface area contributed by atoms with Crippen molar-refractivity contribution in [3.8, 4) is 0 Å². The molecule has 2 unspecified atom stereocenters. The van der Waals surface area contributed by atoms with E-state index in [2.05, 4.69) is 10.6 Å². The van der Waals surface area contributed by atoms with Gasteiger partial charge in [0, 0.05) is 36.3 Å². The van der Waals surface area contributed by atoms with Crippen LogP contribution in [0.4, 0.5) is 0 Å². The highest BCUT2D eigenvalue weighted by atomic mass is 35.5. The fraction of sp³-hybridized carbons (Fsp3) is 0.667. The average molecular weight is 420 g/mol. The summed E-state index contributed by atoms with van der Waals surface area (Å²) in [5.41, 5.74) is 0. The van der Waals surface area contributed by atoms with Gasteiger partial charge in [0.15, 0.2) is 0 Å². The van der Waals surface area contributed by atoms with Gasteiger partial charge in [-0.15, -0.1) is 23.7 Å². The van der Waals surface area contributed by atoms with Gasteiger partial charge >= 0.3 is 0 Å². The third kappa shape index (κ3) is 6.12. The molecule has 5 nitrogen and oxygen atoms in total. The molecule has 2 aliphatic heterocycles. The van der Waals surface area contributed by atoms with Crippen molar-refractivity contribution >= 4 is 47.2 Å². The van der Waals surface area contributed by atoms with Crippen LogP contribution in [0.25, 0.3) is 0 Å². The molecule has 146 valence electrons. The summed E-state index contributed by atoms with van der Waals surface area (Å²) in [4.78, 5) is 27.7. The molecular formula is C18H27Cl2N3O2S. The lowest BCUT2D eigenvalue weighted by molar-refractivity contribution is -0.132. The Labute approximate surface area is 170 Å². The highest BCUT2D eigenvalue weighted by molar-refractivity contribution is 7.10. The largest absolute Gasteiger partial charge is 0.354 e. The Kier molecular flexibility index (Phi) is 8.67. The second-order valence-electron chi connectivity index (χ2n) is 6.97. The molecule has 0 aromatic carbocycles. The van der Waals surface area contributed by atoms with E-state index in [0.717, 1.165) is 61.6 Å². The minimum atomic E-state index is -0.0288. The van der Waals surface area contributed by atoms with Crippen molar-refractivity contribution in [2.24, 2.45) is 5.92 Å². The summed E-state index contributed by atoms with van der Waals surface area (Å²) in [5.74, 6) is 0.674. The Hall–Kier alpha value is -0.820. The van der Waals surface area contributed by atoms with E-state index < -0.39 is 0 Å². The zero-order valence-electron chi connectivity index (χ0n) is 14.8. The van der Waals surface area contributed by atoms with Gasteiger partial charge in [0.25, 0.3) is 0 Å². The van der Waals surface area contributed by atoms with E-state index in [9.17, 15) is 9.59 Å². The van der Waals surface area contributed by atoms with Crippen molar-refractivity contribution in [2.45, 2.75) is 44.6 Å². The van der Waals surface area contributed by atoms with E-state index >= 15 is 0 Å². The first kappa shape index (κ1) is 21.5. The van der Waals surface area contributed by atoms with Gasteiger partial charge in [-0.3, -0.25) is 9.59 Å². The third-order valence-electron chi connectivity index (χ3n) is 5.02. The standard InChI is InChI=1S/C18H26ClN3O2S.ClH/c19-14-9-15(25-12-14)5-6-17(23)22-8-2-3-13(11-22)10-21-18(24)16-4-1-7-20-16;/h9,12-13,16,20H,1-8,10-11H2,(H,21,24);1H. The molecule has 0 bridgehead atoms. The van der Waals surface area contributed by atoms with Crippen LogP contribution in [0, 0.1) is 5.92 Å². The van der Waals surface area contributed by atoms with Gasteiger partial charge in [-0.1, -0.05) is 11.6 Å². The SMILES string of the molecule is Cl.O=C(NCC1CCCN(C(=O)CCc2cc(Cl)cs2)C1)C1CCCN1. The summed E-state index contributed by atoms with van der Waals surface area (Å²) >= 11 is 7.53. The van der Waals surface area contributed by atoms with Crippen molar-refractivity contribution < 1.29 is 9.59 Å². The number of halogens is 2. The number of aryl methyl sites for hydroxylation is 1. The lowest BCUT2D eigenvalue weighted by Crippen LogP contribution is -2.46. The van der Waals surface area contributed by atoms with Crippen LogP contribution in [-0.2, 0) is 16.0 Å². The molecule has 0 aliphatic carbocycles. The van der Waals surface area contributed by atoms with Crippen molar-refractivity contribution in [1.29, 1.82) is 0 Å². The molecular weight excluding hydrogens is 393 g/mol. The molecule has 8 heteroatoms. The van der Waals surface area contributed by atoms with Crippen LogP contribution < -0.4 is 10.6 Å². The first-order valence-electron chi connectivity index (χ1n) is 9.13. The number of amides is 2. The molecule has 2 N–H and O–H groups in total. The fourth-order valence-corrected chi connectivity index (χ4v) is 4.68. The van der Waals surface area contributed by atoms with Gasteiger partial charge in [-0.25, -0.2) is 0 Å². The van der Waals surface area contributed by atoms with Crippen LogP contribution in [0.1, 0.15) is 37.0 Å². The van der Waals surface area contributed by atoms with Crippen molar-refractivity contribution in [3.05, 3.63) is 21.3 Å². The zero-order chi connectivity index (χ0) is 17.6. The molecule has 3 heterocycles. The maximum Gasteiger partial charge on any atom is 0.237 e. The molecule has 0 radical (unpaired) electrons. The minimum Gasteiger partial charge on any atom is -0.354 e. The van der Waals surface area contributed by atoms with Gasteiger partial charge < -0.3 is 15.5 Å². The number of thiophene rings is 1. The normalized spacial score (nSPS) is 22.7. The molecule has 2 amide bonds. The highest BCUT2D eigenvalue weighted by Gasteiger charge is 2.26. The number of likely N-dealkylation sites (tertiary alicyclic amines) is 1. The van der Waals surface area contributed by atoms with Crippen molar-refractivity contribution in [2.75, 3.05) is 26.2 Å². The van der Waals surface area contributed by atoms with Gasteiger partial charge in [0.05, 0.1) is 11.1 Å². The molecule has 2 saturated heterocycles. The second-order valence-corrected chi connectivity index (χ2v) is 8.41. The number of hydrogen-bond donors (Lipinski definition) is 2. The molecule has 0 saturated carbocycles. The monoisotopic (exact) mass is 419 g/mol. The summed E-state index contributed by atoms with van der Waals surface area (Å²) in [6.45, 7) is 3.18. The number of carbonyl (C=O) groups excluding carboxylic acids is 2. The molecule has 0 spiro atoms. The Morgan fingerprint density at radius 2 is 2.19 bits per heavy atom. The molecule has 2 aliphatic rings. The fourth-order valence-electron chi connectivity index (χ4n) is 3.61. The first-order chi connectivity index (χ1) is 12.1. The number of nitrogens with zero attached hydrogens (tertiary/aromatic N) is 1. The molecule has 1 aromatic rings. The topological polar surface area (TPSA) is 61.4 Å². The van der Waals surface area contributed by atoms with Crippen molar-refractivity contribution in [1.82, 2.24) is 15.5 Å². The highest BCUT2D eigenvalue weighted by Crippen LogP contribution is 2.22. The summed E-state index contributed by atoms with van der Waals surface area (Å²) in [5, 5.41) is 8.93. The van der Waals surface area contributed by atoms with Crippen LogP contribution in [0.5, 0.6) is 0 Å². The van der Waals surface area contributed by atoms with Crippen LogP contribution >= 0.6 is 35.3 Å².